The molecule has 142 valence electrons. The highest BCUT2D eigenvalue weighted by Crippen LogP contribution is 2.27. The van der Waals surface area contributed by atoms with Gasteiger partial charge in [-0.3, -0.25) is 9.48 Å². The number of carbonyl (C=O) groups is 1. The van der Waals surface area contributed by atoms with Gasteiger partial charge in [0.05, 0.1) is 11.6 Å². The molecule has 5 rings (SSSR count). The number of nitrogens with zero attached hydrogens (tertiary/aromatic N) is 6. The quantitative estimate of drug-likeness (QED) is 0.534. The number of hydrogen-bond acceptors (Lipinski definition) is 6. The van der Waals surface area contributed by atoms with Gasteiger partial charge in [-0.05, 0) is 13.0 Å². The SMILES string of the molecule is Cc1c(C(=O)N2CCN(c3ncnc4c3cnn4C)CC2)oc2ccccc12. The lowest BCUT2D eigenvalue weighted by Gasteiger charge is -2.35. The zero-order chi connectivity index (χ0) is 19.3. The average molecular weight is 376 g/mol. The van der Waals surface area contributed by atoms with Gasteiger partial charge in [-0.2, -0.15) is 5.10 Å². The summed E-state index contributed by atoms with van der Waals surface area (Å²) >= 11 is 0. The van der Waals surface area contributed by atoms with Gasteiger partial charge in [-0.25, -0.2) is 9.97 Å². The van der Waals surface area contributed by atoms with Gasteiger partial charge < -0.3 is 14.2 Å². The molecule has 0 aliphatic carbocycles. The van der Waals surface area contributed by atoms with E-state index in [0.29, 0.717) is 31.9 Å². The van der Waals surface area contributed by atoms with Gasteiger partial charge in [-0.1, -0.05) is 18.2 Å². The Morgan fingerprint density at radius 2 is 1.86 bits per heavy atom. The average Bonchev–Trinajstić information content (AvgIpc) is 3.28. The van der Waals surface area contributed by atoms with Gasteiger partial charge in [0.15, 0.2) is 11.4 Å². The third-order valence-electron chi connectivity index (χ3n) is 5.41. The van der Waals surface area contributed by atoms with Crippen LogP contribution in [-0.4, -0.2) is 56.7 Å². The first kappa shape index (κ1) is 16.7. The first-order valence-corrected chi connectivity index (χ1v) is 9.28. The van der Waals surface area contributed by atoms with Crippen molar-refractivity contribution in [2.75, 3.05) is 31.1 Å². The molecule has 0 radical (unpaired) electrons. The Bertz CT molecular complexity index is 1190. The molecule has 1 amide bonds. The highest BCUT2D eigenvalue weighted by Gasteiger charge is 2.28. The molecule has 0 spiro atoms. The summed E-state index contributed by atoms with van der Waals surface area (Å²) in [7, 11) is 1.87. The number of anilines is 1. The van der Waals surface area contributed by atoms with Crippen molar-refractivity contribution in [3.05, 3.63) is 48.1 Å². The van der Waals surface area contributed by atoms with E-state index in [-0.39, 0.29) is 5.91 Å². The maximum Gasteiger partial charge on any atom is 0.290 e. The van der Waals surface area contributed by atoms with Crippen LogP contribution in [0.1, 0.15) is 16.1 Å². The lowest BCUT2D eigenvalue weighted by Crippen LogP contribution is -2.49. The fourth-order valence-corrected chi connectivity index (χ4v) is 3.84. The number of aryl methyl sites for hydroxylation is 2. The molecule has 0 bridgehead atoms. The van der Waals surface area contributed by atoms with Crippen LogP contribution < -0.4 is 4.90 Å². The summed E-state index contributed by atoms with van der Waals surface area (Å²) in [4.78, 5) is 25.8. The van der Waals surface area contributed by atoms with Gasteiger partial charge in [0, 0.05) is 44.2 Å². The number of aromatic nitrogens is 4. The minimum Gasteiger partial charge on any atom is -0.451 e. The smallest absolute Gasteiger partial charge is 0.290 e. The van der Waals surface area contributed by atoms with Gasteiger partial charge in [0.25, 0.3) is 5.91 Å². The van der Waals surface area contributed by atoms with E-state index in [1.165, 1.54) is 0 Å². The minimum atomic E-state index is -0.0532. The van der Waals surface area contributed by atoms with E-state index in [4.69, 9.17) is 4.42 Å². The maximum absolute atomic E-state index is 13.0. The Morgan fingerprint density at radius 3 is 2.64 bits per heavy atom. The largest absolute Gasteiger partial charge is 0.451 e. The van der Waals surface area contributed by atoms with Crippen LogP contribution in [0.5, 0.6) is 0 Å². The molecule has 1 aromatic carbocycles. The maximum atomic E-state index is 13.0. The van der Waals surface area contributed by atoms with Crippen LogP contribution in [0.15, 0.2) is 41.2 Å². The predicted octanol–water partition coefficient (Wildman–Crippen LogP) is 2.38. The molecule has 1 fully saturated rings. The van der Waals surface area contributed by atoms with Crippen LogP contribution in [0, 0.1) is 6.92 Å². The van der Waals surface area contributed by atoms with E-state index in [9.17, 15) is 4.79 Å². The Morgan fingerprint density at radius 1 is 1.07 bits per heavy atom. The van der Waals surface area contributed by atoms with Crippen LogP contribution in [0.4, 0.5) is 5.82 Å². The third-order valence-corrected chi connectivity index (χ3v) is 5.41. The number of para-hydroxylation sites is 1. The molecule has 8 heteroatoms. The monoisotopic (exact) mass is 376 g/mol. The van der Waals surface area contributed by atoms with E-state index in [1.54, 1.807) is 17.2 Å². The van der Waals surface area contributed by atoms with Crippen molar-refractivity contribution in [2.24, 2.45) is 7.05 Å². The number of furan rings is 1. The lowest BCUT2D eigenvalue weighted by atomic mass is 10.1. The van der Waals surface area contributed by atoms with Gasteiger partial charge >= 0.3 is 0 Å². The molecule has 4 aromatic rings. The first-order chi connectivity index (χ1) is 13.6. The van der Waals surface area contributed by atoms with Gasteiger partial charge in [0.1, 0.15) is 17.7 Å². The number of rotatable bonds is 2. The predicted molar refractivity (Wildman–Crippen MR) is 105 cm³/mol. The normalized spacial score (nSPS) is 14.9. The van der Waals surface area contributed by atoms with Gasteiger partial charge in [-0.15, -0.1) is 0 Å². The second-order valence-corrected chi connectivity index (χ2v) is 7.03. The molecule has 8 nitrogen and oxygen atoms in total. The van der Waals surface area contributed by atoms with E-state index in [1.807, 2.05) is 43.1 Å². The zero-order valence-electron chi connectivity index (χ0n) is 15.8. The van der Waals surface area contributed by atoms with Crippen molar-refractivity contribution >= 4 is 33.7 Å². The Labute approximate surface area is 161 Å². The molecule has 1 saturated heterocycles. The number of fused-ring (bicyclic) bond motifs is 2. The molecule has 1 aliphatic heterocycles. The number of amides is 1. The second-order valence-electron chi connectivity index (χ2n) is 7.03. The summed E-state index contributed by atoms with van der Waals surface area (Å²) in [5, 5.41) is 6.19. The summed E-state index contributed by atoms with van der Waals surface area (Å²) in [5.41, 5.74) is 2.46. The minimum absolute atomic E-state index is 0.0532. The highest BCUT2D eigenvalue weighted by molar-refractivity contribution is 5.99. The molecule has 3 aromatic heterocycles. The summed E-state index contributed by atoms with van der Waals surface area (Å²) in [6.45, 7) is 4.57. The topological polar surface area (TPSA) is 80.3 Å². The Kier molecular flexibility index (Phi) is 3.78. The molecule has 0 N–H and O–H groups in total. The van der Waals surface area contributed by atoms with E-state index >= 15 is 0 Å². The van der Waals surface area contributed by atoms with E-state index < -0.39 is 0 Å². The summed E-state index contributed by atoms with van der Waals surface area (Å²) in [6.07, 6.45) is 3.36. The number of carbonyl (C=O) groups excluding carboxylic acids is 1. The van der Waals surface area contributed by atoms with Crippen molar-refractivity contribution < 1.29 is 9.21 Å². The Hall–Kier alpha value is -3.42. The Balaban J connectivity index is 1.36. The zero-order valence-corrected chi connectivity index (χ0v) is 15.8. The van der Waals surface area contributed by atoms with Crippen LogP contribution in [0.25, 0.3) is 22.0 Å². The molecule has 0 atom stereocenters. The highest BCUT2D eigenvalue weighted by atomic mass is 16.3. The van der Waals surface area contributed by atoms with Crippen LogP contribution in [0.3, 0.4) is 0 Å². The third kappa shape index (κ3) is 2.52. The molecule has 0 unspecified atom stereocenters. The van der Waals surface area contributed by atoms with Crippen molar-refractivity contribution in [1.82, 2.24) is 24.6 Å². The van der Waals surface area contributed by atoms with Gasteiger partial charge in [0.2, 0.25) is 0 Å². The standard InChI is InChI=1S/C20H20N6O2/c1-13-14-5-3-4-6-16(14)28-17(13)20(27)26-9-7-25(8-10-26)19-15-11-23-24(2)18(15)21-12-22-19/h3-6,11-12H,7-10H2,1-2H3. The van der Waals surface area contributed by atoms with Crippen molar-refractivity contribution in [1.29, 1.82) is 0 Å². The number of hydrogen-bond donors (Lipinski definition) is 0. The fourth-order valence-electron chi connectivity index (χ4n) is 3.84. The molecule has 4 heterocycles. The van der Waals surface area contributed by atoms with Crippen LogP contribution in [0.2, 0.25) is 0 Å². The second kappa shape index (κ2) is 6.33. The fraction of sp³-hybridized carbons (Fsp3) is 0.300. The number of piperazine rings is 1. The summed E-state index contributed by atoms with van der Waals surface area (Å²) < 4.78 is 7.59. The lowest BCUT2D eigenvalue weighted by molar-refractivity contribution is 0.0716. The molecular formula is C20H20N6O2. The first-order valence-electron chi connectivity index (χ1n) is 9.28. The summed E-state index contributed by atoms with van der Waals surface area (Å²) in [6, 6.07) is 7.75. The number of benzene rings is 1. The van der Waals surface area contributed by atoms with Crippen molar-refractivity contribution in [3.8, 4) is 0 Å². The van der Waals surface area contributed by atoms with Crippen molar-refractivity contribution in [2.45, 2.75) is 6.92 Å². The van der Waals surface area contributed by atoms with Crippen LogP contribution >= 0.6 is 0 Å². The molecule has 1 aliphatic rings. The van der Waals surface area contributed by atoms with E-state index in [2.05, 4.69) is 20.0 Å². The van der Waals surface area contributed by atoms with E-state index in [0.717, 1.165) is 33.4 Å². The summed E-state index contributed by atoms with van der Waals surface area (Å²) in [5.74, 6) is 1.25. The molecular weight excluding hydrogens is 356 g/mol. The molecule has 0 saturated carbocycles. The van der Waals surface area contributed by atoms with Crippen LogP contribution in [-0.2, 0) is 7.05 Å². The molecule has 28 heavy (non-hydrogen) atoms. The van der Waals surface area contributed by atoms with Crippen molar-refractivity contribution in [3.63, 3.8) is 0 Å².